The summed E-state index contributed by atoms with van der Waals surface area (Å²) in [6.07, 6.45) is 1.40. The van der Waals surface area contributed by atoms with Gasteiger partial charge in [-0.05, 0) is 59.7 Å². The number of halogens is 2. The number of hydrogen-bond acceptors (Lipinski definition) is 4. The van der Waals surface area contributed by atoms with Crippen molar-refractivity contribution >= 4 is 5.69 Å². The van der Waals surface area contributed by atoms with E-state index in [1.807, 2.05) is 6.07 Å². The van der Waals surface area contributed by atoms with Crippen molar-refractivity contribution in [3.05, 3.63) is 88.5 Å². The second-order valence-corrected chi connectivity index (χ2v) is 8.84. The van der Waals surface area contributed by atoms with E-state index in [1.54, 1.807) is 25.3 Å². The molecule has 0 spiro atoms. The summed E-state index contributed by atoms with van der Waals surface area (Å²) in [5.41, 5.74) is 4.67. The van der Waals surface area contributed by atoms with Crippen LogP contribution in [0.5, 0.6) is 11.5 Å². The number of fused-ring (bicyclic) bond motifs is 1. The summed E-state index contributed by atoms with van der Waals surface area (Å²) in [5.74, 6) is -0.483. The van der Waals surface area contributed by atoms with Gasteiger partial charge in [-0.1, -0.05) is 18.2 Å². The molecule has 0 radical (unpaired) electrons. The molecule has 1 aliphatic carbocycles. The SMILES string of the molecule is COc1cc(N2CCNCC2)ccc1C1c2ccc(O)cc2CCC1c1ccc(F)cc1F. The summed E-state index contributed by atoms with van der Waals surface area (Å²) in [6, 6.07) is 15.5. The van der Waals surface area contributed by atoms with E-state index in [-0.39, 0.29) is 17.6 Å². The smallest absolute Gasteiger partial charge is 0.129 e. The predicted octanol–water partition coefficient (Wildman–Crippen LogP) is 4.95. The average molecular weight is 451 g/mol. The van der Waals surface area contributed by atoms with Crippen molar-refractivity contribution in [1.29, 1.82) is 0 Å². The van der Waals surface area contributed by atoms with Gasteiger partial charge in [0.25, 0.3) is 0 Å². The van der Waals surface area contributed by atoms with Crippen molar-refractivity contribution in [3.63, 3.8) is 0 Å². The van der Waals surface area contributed by atoms with Gasteiger partial charge in [-0.3, -0.25) is 0 Å². The van der Waals surface area contributed by atoms with Crippen molar-refractivity contribution in [1.82, 2.24) is 5.32 Å². The number of nitrogens with one attached hydrogen (secondary N) is 1. The number of benzene rings is 3. The molecule has 6 heteroatoms. The number of hydrogen-bond donors (Lipinski definition) is 2. The van der Waals surface area contributed by atoms with E-state index in [1.165, 1.54) is 6.07 Å². The molecular weight excluding hydrogens is 422 g/mol. The number of phenolic OH excluding ortho intramolecular Hbond substituents is 1. The maximum atomic E-state index is 14.9. The first kappa shape index (κ1) is 21.7. The molecule has 0 aromatic heterocycles. The Hall–Kier alpha value is -3.12. The molecular formula is C27H28F2N2O2. The Bertz CT molecular complexity index is 1160. The predicted molar refractivity (Wildman–Crippen MR) is 125 cm³/mol. The molecule has 5 rings (SSSR count). The Labute approximate surface area is 192 Å². The molecule has 3 aromatic carbocycles. The van der Waals surface area contributed by atoms with Crippen molar-refractivity contribution in [2.45, 2.75) is 24.7 Å². The monoisotopic (exact) mass is 450 g/mol. The van der Waals surface area contributed by atoms with Crippen molar-refractivity contribution in [2.24, 2.45) is 0 Å². The Balaban J connectivity index is 1.63. The third-order valence-electron chi connectivity index (χ3n) is 6.98. The number of ether oxygens (including phenoxy) is 1. The summed E-state index contributed by atoms with van der Waals surface area (Å²) in [4.78, 5) is 2.33. The van der Waals surface area contributed by atoms with Crippen LogP contribution in [-0.2, 0) is 6.42 Å². The first-order valence-corrected chi connectivity index (χ1v) is 11.5. The van der Waals surface area contributed by atoms with Crippen LogP contribution in [-0.4, -0.2) is 38.4 Å². The van der Waals surface area contributed by atoms with Gasteiger partial charge < -0.3 is 20.1 Å². The molecule has 3 aromatic rings. The number of aromatic hydroxyl groups is 1. The number of anilines is 1. The number of piperazine rings is 1. The van der Waals surface area contributed by atoms with Gasteiger partial charge in [0.1, 0.15) is 23.1 Å². The second kappa shape index (κ2) is 9.02. The van der Waals surface area contributed by atoms with E-state index in [9.17, 15) is 13.9 Å². The molecule has 1 fully saturated rings. The fourth-order valence-electron chi connectivity index (χ4n) is 5.40. The van der Waals surface area contributed by atoms with Crippen LogP contribution in [0.25, 0.3) is 0 Å². The summed E-state index contributed by atoms with van der Waals surface area (Å²) >= 11 is 0. The van der Waals surface area contributed by atoms with Crippen LogP contribution in [0, 0.1) is 11.6 Å². The van der Waals surface area contributed by atoms with E-state index in [2.05, 4.69) is 28.4 Å². The lowest BCUT2D eigenvalue weighted by Crippen LogP contribution is -2.43. The van der Waals surface area contributed by atoms with Crippen LogP contribution in [0.15, 0.2) is 54.6 Å². The highest BCUT2D eigenvalue weighted by Gasteiger charge is 2.35. The highest BCUT2D eigenvalue weighted by atomic mass is 19.1. The molecule has 4 nitrogen and oxygen atoms in total. The van der Waals surface area contributed by atoms with Gasteiger partial charge in [0.15, 0.2) is 0 Å². The lowest BCUT2D eigenvalue weighted by Gasteiger charge is -2.36. The van der Waals surface area contributed by atoms with Gasteiger partial charge in [-0.2, -0.15) is 0 Å². The normalized spacial score (nSPS) is 20.4. The molecule has 0 amide bonds. The van der Waals surface area contributed by atoms with Crippen LogP contribution < -0.4 is 15.0 Å². The molecule has 172 valence electrons. The molecule has 1 saturated heterocycles. The molecule has 2 N–H and O–H groups in total. The topological polar surface area (TPSA) is 44.7 Å². The number of aryl methyl sites for hydroxylation is 1. The van der Waals surface area contributed by atoms with E-state index >= 15 is 0 Å². The summed E-state index contributed by atoms with van der Waals surface area (Å²) in [5, 5.41) is 13.4. The first-order valence-electron chi connectivity index (χ1n) is 11.5. The number of nitrogens with zero attached hydrogens (tertiary/aromatic N) is 1. The molecule has 0 saturated carbocycles. The maximum absolute atomic E-state index is 14.9. The number of rotatable bonds is 4. The third-order valence-corrected chi connectivity index (χ3v) is 6.98. The first-order chi connectivity index (χ1) is 16.0. The summed E-state index contributed by atoms with van der Waals surface area (Å²) in [7, 11) is 1.66. The molecule has 2 unspecified atom stereocenters. The Morgan fingerprint density at radius 3 is 2.45 bits per heavy atom. The highest BCUT2D eigenvalue weighted by molar-refractivity contribution is 5.58. The lowest BCUT2D eigenvalue weighted by molar-refractivity contribution is 0.398. The molecule has 1 heterocycles. The minimum Gasteiger partial charge on any atom is -0.508 e. The Kier molecular flexibility index (Phi) is 5.94. The van der Waals surface area contributed by atoms with Gasteiger partial charge in [0.05, 0.1) is 7.11 Å². The molecule has 2 aliphatic rings. The zero-order valence-electron chi connectivity index (χ0n) is 18.7. The summed E-state index contributed by atoms with van der Waals surface area (Å²) < 4.78 is 34.4. The molecule has 33 heavy (non-hydrogen) atoms. The van der Waals surface area contributed by atoms with Crippen molar-refractivity contribution in [3.8, 4) is 11.5 Å². The van der Waals surface area contributed by atoms with Gasteiger partial charge in [-0.15, -0.1) is 0 Å². The Morgan fingerprint density at radius 2 is 1.70 bits per heavy atom. The second-order valence-electron chi connectivity index (χ2n) is 8.84. The zero-order valence-corrected chi connectivity index (χ0v) is 18.7. The largest absolute Gasteiger partial charge is 0.508 e. The molecule has 1 aliphatic heterocycles. The maximum Gasteiger partial charge on any atom is 0.129 e. The number of phenols is 1. The number of methoxy groups -OCH3 is 1. The zero-order chi connectivity index (χ0) is 22.9. The van der Waals surface area contributed by atoms with Gasteiger partial charge in [0.2, 0.25) is 0 Å². The highest BCUT2D eigenvalue weighted by Crippen LogP contribution is 2.50. The Morgan fingerprint density at radius 1 is 0.939 bits per heavy atom. The lowest BCUT2D eigenvalue weighted by atomic mass is 9.69. The van der Waals surface area contributed by atoms with Crippen molar-refractivity contribution < 1.29 is 18.6 Å². The average Bonchev–Trinajstić information content (AvgIpc) is 2.83. The fourth-order valence-corrected chi connectivity index (χ4v) is 5.40. The quantitative estimate of drug-likeness (QED) is 0.590. The van der Waals surface area contributed by atoms with Gasteiger partial charge >= 0.3 is 0 Å². The van der Waals surface area contributed by atoms with E-state index in [0.29, 0.717) is 18.4 Å². The minimum atomic E-state index is -0.577. The van der Waals surface area contributed by atoms with E-state index < -0.39 is 11.6 Å². The minimum absolute atomic E-state index is 0.179. The van der Waals surface area contributed by atoms with Crippen LogP contribution >= 0.6 is 0 Å². The third kappa shape index (κ3) is 4.15. The van der Waals surface area contributed by atoms with Gasteiger partial charge in [0, 0.05) is 55.5 Å². The van der Waals surface area contributed by atoms with Crippen LogP contribution in [0.3, 0.4) is 0 Å². The van der Waals surface area contributed by atoms with E-state index in [4.69, 9.17) is 4.74 Å². The van der Waals surface area contributed by atoms with Crippen LogP contribution in [0.2, 0.25) is 0 Å². The summed E-state index contributed by atoms with van der Waals surface area (Å²) in [6.45, 7) is 3.74. The van der Waals surface area contributed by atoms with Crippen LogP contribution in [0.1, 0.15) is 40.5 Å². The standard InChI is InChI=1S/C27H28F2N2O2/c1-33-26-16-19(31-12-10-30-11-13-31)4-8-24(26)27-21-9-5-20(32)14-17(21)2-6-23(27)22-7-3-18(28)15-25(22)29/h3-5,7-9,14-16,23,27,30,32H,2,6,10-13H2,1H3. The van der Waals surface area contributed by atoms with E-state index in [0.717, 1.165) is 60.4 Å². The van der Waals surface area contributed by atoms with Gasteiger partial charge in [-0.25, -0.2) is 8.78 Å². The van der Waals surface area contributed by atoms with Crippen molar-refractivity contribution in [2.75, 3.05) is 38.2 Å². The molecule has 0 bridgehead atoms. The van der Waals surface area contributed by atoms with Crippen LogP contribution in [0.4, 0.5) is 14.5 Å². The fraction of sp³-hybridized carbons (Fsp3) is 0.333. The molecule has 2 atom stereocenters.